The number of carbonyl (C=O) groups is 1. The van der Waals surface area contributed by atoms with Gasteiger partial charge in [0.2, 0.25) is 10.0 Å². The molecule has 3 rings (SSSR count). The SMILES string of the molecule is Cc1cccc(NC(=O)c2cc(S(=O)(=O)N3CCC[C@H](C)C3)cs2)c1. The summed E-state index contributed by atoms with van der Waals surface area (Å²) in [6.07, 6.45) is 1.94. The van der Waals surface area contributed by atoms with E-state index in [1.54, 1.807) is 5.38 Å². The topological polar surface area (TPSA) is 66.5 Å². The molecule has 1 atom stereocenters. The summed E-state index contributed by atoms with van der Waals surface area (Å²) in [7, 11) is -3.52. The Morgan fingerprint density at radius 3 is 2.84 bits per heavy atom. The van der Waals surface area contributed by atoms with Crippen LogP contribution in [-0.2, 0) is 10.0 Å². The maximum Gasteiger partial charge on any atom is 0.265 e. The molecule has 1 aromatic heterocycles. The molecule has 1 aromatic carbocycles. The van der Waals surface area contributed by atoms with Crippen LogP contribution in [0.3, 0.4) is 0 Å². The number of nitrogens with zero attached hydrogens (tertiary/aromatic N) is 1. The lowest BCUT2D eigenvalue weighted by Gasteiger charge is -2.29. The minimum absolute atomic E-state index is 0.209. The highest BCUT2D eigenvalue weighted by Crippen LogP contribution is 2.27. The van der Waals surface area contributed by atoms with Crippen molar-refractivity contribution < 1.29 is 13.2 Å². The van der Waals surface area contributed by atoms with Gasteiger partial charge in [0.25, 0.3) is 5.91 Å². The minimum Gasteiger partial charge on any atom is -0.321 e. The maximum absolute atomic E-state index is 12.8. The van der Waals surface area contributed by atoms with E-state index in [1.807, 2.05) is 31.2 Å². The average Bonchev–Trinajstić information content (AvgIpc) is 3.06. The molecule has 0 bridgehead atoms. The summed E-state index contributed by atoms with van der Waals surface area (Å²) in [5.41, 5.74) is 1.75. The van der Waals surface area contributed by atoms with Crippen molar-refractivity contribution in [3.05, 3.63) is 46.2 Å². The van der Waals surface area contributed by atoms with Gasteiger partial charge in [-0.1, -0.05) is 19.1 Å². The van der Waals surface area contributed by atoms with Gasteiger partial charge in [0, 0.05) is 24.2 Å². The van der Waals surface area contributed by atoms with Crippen LogP contribution in [0.4, 0.5) is 5.69 Å². The van der Waals surface area contributed by atoms with Crippen molar-refractivity contribution in [1.29, 1.82) is 0 Å². The fourth-order valence-corrected chi connectivity index (χ4v) is 5.76. The lowest BCUT2D eigenvalue weighted by Crippen LogP contribution is -2.38. The van der Waals surface area contributed by atoms with E-state index in [0.717, 1.165) is 29.7 Å². The highest BCUT2D eigenvalue weighted by molar-refractivity contribution is 7.89. The molecule has 0 aliphatic carbocycles. The molecular weight excluding hydrogens is 356 g/mol. The average molecular weight is 379 g/mol. The number of aryl methyl sites for hydroxylation is 1. The van der Waals surface area contributed by atoms with Crippen molar-refractivity contribution in [3.63, 3.8) is 0 Å². The predicted octanol–water partition coefficient (Wildman–Crippen LogP) is 3.73. The van der Waals surface area contributed by atoms with Crippen LogP contribution in [0.1, 0.15) is 35.0 Å². The quantitative estimate of drug-likeness (QED) is 0.881. The number of piperidine rings is 1. The van der Waals surface area contributed by atoms with Crippen molar-refractivity contribution in [2.75, 3.05) is 18.4 Å². The second kappa shape index (κ2) is 7.27. The molecule has 1 aliphatic heterocycles. The van der Waals surface area contributed by atoms with E-state index in [4.69, 9.17) is 0 Å². The Balaban J connectivity index is 1.76. The second-order valence-corrected chi connectivity index (χ2v) is 9.43. The number of amides is 1. The molecule has 1 amide bonds. The third kappa shape index (κ3) is 4.11. The summed E-state index contributed by atoms with van der Waals surface area (Å²) < 4.78 is 27.1. The number of hydrogen-bond acceptors (Lipinski definition) is 4. The Hall–Kier alpha value is -1.70. The Labute approximate surface area is 152 Å². The Morgan fingerprint density at radius 2 is 2.12 bits per heavy atom. The normalized spacial score (nSPS) is 18.9. The van der Waals surface area contributed by atoms with Crippen LogP contribution in [0.2, 0.25) is 0 Å². The molecule has 25 heavy (non-hydrogen) atoms. The molecule has 5 nitrogen and oxygen atoms in total. The molecule has 0 radical (unpaired) electrons. The molecule has 1 fully saturated rings. The van der Waals surface area contributed by atoms with Crippen molar-refractivity contribution in [2.45, 2.75) is 31.6 Å². The number of carbonyl (C=O) groups excluding carboxylic acids is 1. The van der Waals surface area contributed by atoms with E-state index in [0.29, 0.717) is 29.6 Å². The number of nitrogens with one attached hydrogen (secondary N) is 1. The van der Waals surface area contributed by atoms with E-state index >= 15 is 0 Å². The third-order valence-corrected chi connectivity index (χ3v) is 7.25. The van der Waals surface area contributed by atoms with Crippen molar-refractivity contribution in [1.82, 2.24) is 4.31 Å². The Morgan fingerprint density at radius 1 is 1.32 bits per heavy atom. The lowest BCUT2D eigenvalue weighted by atomic mass is 10.0. The summed E-state index contributed by atoms with van der Waals surface area (Å²) in [6.45, 7) is 5.11. The molecule has 2 heterocycles. The Bertz CT molecular complexity index is 874. The fraction of sp³-hybridized carbons (Fsp3) is 0.389. The first kappa shape index (κ1) is 18.1. The van der Waals surface area contributed by atoms with Gasteiger partial charge in [0.15, 0.2) is 0 Å². The number of anilines is 1. The molecule has 1 saturated heterocycles. The van der Waals surface area contributed by atoms with E-state index in [2.05, 4.69) is 12.2 Å². The zero-order valence-electron chi connectivity index (χ0n) is 14.4. The molecule has 1 N–H and O–H groups in total. The summed E-state index contributed by atoms with van der Waals surface area (Å²) in [4.78, 5) is 13.0. The van der Waals surface area contributed by atoms with Crippen LogP contribution in [0.5, 0.6) is 0 Å². The van der Waals surface area contributed by atoms with Gasteiger partial charge in [-0.05, 0) is 49.4 Å². The Kier molecular flexibility index (Phi) is 5.27. The van der Waals surface area contributed by atoms with Gasteiger partial charge in [-0.2, -0.15) is 4.31 Å². The highest BCUT2D eigenvalue weighted by atomic mass is 32.2. The zero-order chi connectivity index (χ0) is 18.0. The van der Waals surface area contributed by atoms with Crippen molar-refractivity contribution in [2.24, 2.45) is 5.92 Å². The van der Waals surface area contributed by atoms with Gasteiger partial charge in [0.1, 0.15) is 0 Å². The van der Waals surface area contributed by atoms with E-state index in [9.17, 15) is 13.2 Å². The van der Waals surface area contributed by atoms with Crippen LogP contribution in [0.15, 0.2) is 40.6 Å². The van der Waals surface area contributed by atoms with Gasteiger partial charge in [0.05, 0.1) is 9.77 Å². The molecule has 0 unspecified atom stereocenters. The minimum atomic E-state index is -3.52. The van der Waals surface area contributed by atoms with Gasteiger partial charge in [-0.25, -0.2) is 8.42 Å². The monoisotopic (exact) mass is 378 g/mol. The van der Waals surface area contributed by atoms with E-state index in [-0.39, 0.29) is 10.8 Å². The fourth-order valence-electron chi connectivity index (χ4n) is 3.00. The van der Waals surface area contributed by atoms with Gasteiger partial charge in [-0.15, -0.1) is 11.3 Å². The summed E-state index contributed by atoms with van der Waals surface area (Å²) in [5.74, 6) is 0.0790. The largest absolute Gasteiger partial charge is 0.321 e. The van der Waals surface area contributed by atoms with Gasteiger partial charge < -0.3 is 5.32 Å². The summed E-state index contributed by atoms with van der Waals surface area (Å²) in [6, 6.07) is 8.98. The number of sulfonamides is 1. The first-order valence-corrected chi connectivity index (χ1v) is 10.6. The first-order valence-electron chi connectivity index (χ1n) is 8.33. The molecule has 1 aliphatic rings. The molecule has 0 saturated carbocycles. The van der Waals surface area contributed by atoms with Gasteiger partial charge >= 0.3 is 0 Å². The van der Waals surface area contributed by atoms with Crippen molar-refractivity contribution >= 4 is 33.0 Å². The smallest absolute Gasteiger partial charge is 0.265 e. The standard InChI is InChI=1S/C18H22N2O3S2/c1-13-5-3-7-15(9-13)19-18(21)17-10-16(12-24-17)25(22,23)20-8-4-6-14(2)11-20/h3,5,7,9-10,12,14H,4,6,8,11H2,1-2H3,(H,19,21)/t14-/m0/s1. The zero-order valence-corrected chi connectivity index (χ0v) is 16.0. The van der Waals surface area contributed by atoms with Crippen molar-refractivity contribution in [3.8, 4) is 0 Å². The van der Waals surface area contributed by atoms with E-state index < -0.39 is 10.0 Å². The van der Waals surface area contributed by atoms with Crippen LogP contribution in [-0.4, -0.2) is 31.7 Å². The lowest BCUT2D eigenvalue weighted by molar-refractivity contribution is 0.103. The maximum atomic E-state index is 12.8. The summed E-state index contributed by atoms with van der Waals surface area (Å²) in [5, 5.41) is 4.37. The molecule has 134 valence electrons. The molecular formula is C18H22N2O3S2. The predicted molar refractivity (Wildman–Crippen MR) is 101 cm³/mol. The molecule has 7 heteroatoms. The van der Waals surface area contributed by atoms with Crippen LogP contribution < -0.4 is 5.32 Å². The first-order chi connectivity index (χ1) is 11.9. The third-order valence-electron chi connectivity index (χ3n) is 4.33. The van der Waals surface area contributed by atoms with Crippen LogP contribution >= 0.6 is 11.3 Å². The second-order valence-electron chi connectivity index (χ2n) is 6.58. The van der Waals surface area contributed by atoms with Crippen LogP contribution in [0.25, 0.3) is 0 Å². The van der Waals surface area contributed by atoms with Crippen LogP contribution in [0, 0.1) is 12.8 Å². The van der Waals surface area contributed by atoms with Gasteiger partial charge in [-0.3, -0.25) is 4.79 Å². The number of benzene rings is 1. The highest BCUT2D eigenvalue weighted by Gasteiger charge is 2.30. The molecule has 2 aromatic rings. The number of rotatable bonds is 4. The summed E-state index contributed by atoms with van der Waals surface area (Å²) >= 11 is 1.15. The van der Waals surface area contributed by atoms with E-state index in [1.165, 1.54) is 10.4 Å². The molecule has 0 spiro atoms. The number of thiophene rings is 1. The number of hydrogen-bond donors (Lipinski definition) is 1.